The van der Waals surface area contributed by atoms with Gasteiger partial charge < -0.3 is 61.6 Å². The van der Waals surface area contributed by atoms with Crippen molar-refractivity contribution in [1.82, 2.24) is 0 Å². The van der Waals surface area contributed by atoms with Crippen LogP contribution in [0.2, 0.25) is 0 Å². The molecular formula is C53H73NO22. The number of rotatable bonds is 16. The molecule has 2 aliphatic heterocycles. The number of carbonyl (C=O) groups is 7. The van der Waals surface area contributed by atoms with Crippen LogP contribution in [0.4, 0.5) is 5.69 Å². The van der Waals surface area contributed by atoms with E-state index >= 15 is 0 Å². The smallest absolute Gasteiger partial charge is 0.337 e. The van der Waals surface area contributed by atoms with Crippen LogP contribution in [0.15, 0.2) is 72.9 Å². The summed E-state index contributed by atoms with van der Waals surface area (Å²) in [6, 6.07) is 8.92. The summed E-state index contributed by atoms with van der Waals surface area (Å²) in [4.78, 5) is 91.9. The Bertz CT molecular complexity index is 2300. The van der Waals surface area contributed by atoms with E-state index in [1.165, 1.54) is 99.4 Å². The van der Waals surface area contributed by atoms with Gasteiger partial charge in [-0.05, 0) is 58.2 Å². The number of ether oxygens (including phenoxy) is 13. The van der Waals surface area contributed by atoms with Gasteiger partial charge in [-0.2, -0.15) is 0 Å². The first-order valence-electron chi connectivity index (χ1n) is 23.6. The molecule has 3 aliphatic rings. The molecule has 7 unspecified atom stereocenters. The van der Waals surface area contributed by atoms with Gasteiger partial charge in [0.2, 0.25) is 18.3 Å². The SMILES string of the molecule is C=COC.CC(=O)c1cccc([N+](=O)[O-])c1.CCC1O[C@@H](OC2OC=C(C(=O)OC)C3CC(OC(C)=O)C(C)C23)C(OC(C)=O)[C@@H](OC(C)=O)[C@@H]1OC(C)=O.COC=C(C)C.COc1cc(C(C)=O)cc(OC)c1OC. The van der Waals surface area contributed by atoms with Crippen molar-refractivity contribution in [2.75, 3.05) is 42.7 Å². The highest BCUT2D eigenvalue weighted by Gasteiger charge is 2.57. The Hall–Kier alpha value is -7.53. The molecule has 1 saturated heterocycles. The van der Waals surface area contributed by atoms with Crippen LogP contribution < -0.4 is 14.2 Å². The van der Waals surface area contributed by atoms with Crippen molar-refractivity contribution in [2.24, 2.45) is 17.8 Å². The topological polar surface area (TPSA) is 283 Å². The number of carbonyl (C=O) groups excluding carboxylic acids is 7. The molecule has 2 heterocycles. The number of ketones is 2. The number of nitro groups is 1. The fraction of sp³-hybridized carbons (Fsp3) is 0.528. The Labute approximate surface area is 443 Å². The standard InChI is InChI=1S/C26H36O13.C11H14O4.C8H7NO3.C5H10O.C3H6O/c1-8-18-21(35-13(4)28)22(36-14(5)29)23(37-15(6)30)26(38-18)39-25-20-11(2)19(34-12(3)27)9-16(20)17(10-33-25)24(31)32-7;1-7(12)8-5-9(13-2)11(15-4)10(6-8)14-3;1-6(10)7-3-2-4-8(5-7)9(11)12;1-5(2)4-6-3;1-3-4-2/h10-11,16,18-23,25-26H,8-9H2,1-7H3;5-6H,1-4H3;2-5H,1H3;4H,1-3H3;3H,1H2,2H3/t11?,16?,18?,19?,20?,21-,22+,23?,25?,26+;;;;/m1..../s1. The summed E-state index contributed by atoms with van der Waals surface area (Å²) >= 11 is 0. The molecule has 2 aromatic carbocycles. The third kappa shape index (κ3) is 20.6. The van der Waals surface area contributed by atoms with Gasteiger partial charge in [0, 0.05) is 68.7 Å². The second-order valence-corrected chi connectivity index (χ2v) is 17.0. The first kappa shape index (κ1) is 66.5. The lowest BCUT2D eigenvalue weighted by Crippen LogP contribution is -2.62. The van der Waals surface area contributed by atoms with Gasteiger partial charge in [0.1, 0.15) is 12.2 Å². The van der Waals surface area contributed by atoms with Gasteiger partial charge in [-0.15, -0.1) is 0 Å². The van der Waals surface area contributed by atoms with Crippen molar-refractivity contribution >= 4 is 47.1 Å². The molecule has 76 heavy (non-hydrogen) atoms. The van der Waals surface area contributed by atoms with Gasteiger partial charge >= 0.3 is 29.8 Å². The van der Waals surface area contributed by atoms with Gasteiger partial charge in [-0.1, -0.05) is 32.6 Å². The average Bonchev–Trinajstić information content (AvgIpc) is 3.69. The number of hydrogen-bond acceptors (Lipinski definition) is 22. The minimum absolute atomic E-state index is 0.0470. The molecule has 10 atom stereocenters. The van der Waals surface area contributed by atoms with Gasteiger partial charge in [0.25, 0.3) is 5.69 Å². The van der Waals surface area contributed by atoms with Crippen LogP contribution in [0.1, 0.15) is 103 Å². The summed E-state index contributed by atoms with van der Waals surface area (Å²) in [6.07, 6.45) is -2.32. The van der Waals surface area contributed by atoms with Crippen molar-refractivity contribution in [2.45, 2.75) is 125 Å². The van der Waals surface area contributed by atoms with Crippen LogP contribution in [0.5, 0.6) is 17.2 Å². The first-order valence-corrected chi connectivity index (χ1v) is 23.6. The van der Waals surface area contributed by atoms with E-state index in [0.29, 0.717) is 41.2 Å². The summed E-state index contributed by atoms with van der Waals surface area (Å²) < 4.78 is 69.3. The molecule has 5 rings (SSSR count). The highest BCUT2D eigenvalue weighted by molar-refractivity contribution is 5.95. The predicted octanol–water partition coefficient (Wildman–Crippen LogP) is 7.60. The Morgan fingerprint density at radius 2 is 1.24 bits per heavy atom. The van der Waals surface area contributed by atoms with E-state index in [1.807, 2.05) is 20.8 Å². The number of benzene rings is 2. The van der Waals surface area contributed by atoms with Crippen LogP contribution in [0, 0.1) is 27.9 Å². The second kappa shape index (κ2) is 33.4. The third-order valence-corrected chi connectivity index (χ3v) is 11.1. The largest absolute Gasteiger partial charge is 0.505 e. The summed E-state index contributed by atoms with van der Waals surface area (Å²) in [7, 11) is 9.01. The van der Waals surface area contributed by atoms with E-state index < -0.39 is 89.7 Å². The number of Topliss-reactive ketones (excluding diaryl/α,β-unsaturated/α-hetero) is 2. The first-order chi connectivity index (χ1) is 35.8. The lowest BCUT2D eigenvalue weighted by Gasteiger charge is -2.46. The zero-order valence-corrected chi connectivity index (χ0v) is 46.0. The molecule has 0 bridgehead atoms. The quantitative estimate of drug-likeness (QED) is 0.0390. The van der Waals surface area contributed by atoms with E-state index in [-0.39, 0.29) is 28.7 Å². The second-order valence-electron chi connectivity index (χ2n) is 17.0. The third-order valence-electron chi connectivity index (χ3n) is 11.1. The van der Waals surface area contributed by atoms with Crippen molar-refractivity contribution < 1.29 is 100 Å². The minimum Gasteiger partial charge on any atom is -0.505 e. The van der Waals surface area contributed by atoms with Crippen molar-refractivity contribution in [3.63, 3.8) is 0 Å². The molecule has 23 nitrogen and oxygen atoms in total. The maximum atomic E-state index is 12.5. The lowest BCUT2D eigenvalue weighted by atomic mass is 9.83. The van der Waals surface area contributed by atoms with Gasteiger partial charge in [0.15, 0.2) is 41.4 Å². The molecule has 0 aromatic heterocycles. The zero-order valence-electron chi connectivity index (χ0n) is 46.0. The Balaban J connectivity index is 0.000000629. The van der Waals surface area contributed by atoms with E-state index in [9.17, 15) is 43.7 Å². The molecule has 1 saturated carbocycles. The van der Waals surface area contributed by atoms with Crippen molar-refractivity contribution in [1.29, 1.82) is 0 Å². The van der Waals surface area contributed by atoms with E-state index in [0.717, 1.165) is 6.92 Å². The highest BCUT2D eigenvalue weighted by atomic mass is 16.8. The van der Waals surface area contributed by atoms with Crippen LogP contribution in [0.25, 0.3) is 0 Å². The predicted molar refractivity (Wildman–Crippen MR) is 271 cm³/mol. The van der Waals surface area contributed by atoms with Crippen LogP contribution in [0.3, 0.4) is 0 Å². The van der Waals surface area contributed by atoms with E-state index in [4.69, 9.17) is 52.1 Å². The molecule has 0 radical (unpaired) electrons. The summed E-state index contributed by atoms with van der Waals surface area (Å²) in [5, 5.41) is 10.3. The molecule has 0 spiro atoms. The summed E-state index contributed by atoms with van der Waals surface area (Å²) in [5.41, 5.74) is 2.30. The maximum Gasteiger partial charge on any atom is 0.337 e. The molecule has 23 heteroatoms. The monoisotopic (exact) mass is 1080 g/mol. The Kier molecular flexibility index (Phi) is 29.2. The molecule has 1 aliphatic carbocycles. The van der Waals surface area contributed by atoms with Crippen LogP contribution in [-0.2, 0) is 71.3 Å². The van der Waals surface area contributed by atoms with E-state index in [1.54, 1.807) is 45.6 Å². The van der Waals surface area contributed by atoms with Crippen molar-refractivity contribution in [3.05, 3.63) is 94.2 Å². The zero-order chi connectivity index (χ0) is 58.0. The fourth-order valence-electron chi connectivity index (χ4n) is 7.92. The highest BCUT2D eigenvalue weighted by Crippen LogP contribution is 2.49. The molecule has 2 aromatic rings. The van der Waals surface area contributed by atoms with Gasteiger partial charge in [-0.25, -0.2) is 4.79 Å². The molecule has 2 fully saturated rings. The average molecular weight is 1080 g/mol. The van der Waals surface area contributed by atoms with Gasteiger partial charge in [-0.3, -0.25) is 38.9 Å². The number of nitro benzene ring substituents is 1. The number of allylic oxidation sites excluding steroid dienone is 1. The van der Waals surface area contributed by atoms with Crippen molar-refractivity contribution in [3.8, 4) is 17.2 Å². The number of hydrogen-bond donors (Lipinski definition) is 0. The molecular weight excluding hydrogens is 1000 g/mol. The fourth-order valence-corrected chi connectivity index (χ4v) is 7.92. The lowest BCUT2D eigenvalue weighted by molar-refractivity contribution is -0.384. The Morgan fingerprint density at radius 1 is 0.711 bits per heavy atom. The maximum absolute atomic E-state index is 12.5. The number of methoxy groups -OCH3 is 6. The number of non-ortho nitro benzene ring substituents is 1. The van der Waals surface area contributed by atoms with Crippen LogP contribution in [-0.4, -0.2) is 132 Å². The van der Waals surface area contributed by atoms with Gasteiger partial charge in [0.05, 0.1) is 71.9 Å². The summed E-state index contributed by atoms with van der Waals surface area (Å²) in [6.45, 7) is 18.5. The summed E-state index contributed by atoms with van der Waals surface area (Å²) in [5.74, 6) is -3.10. The Morgan fingerprint density at radius 3 is 1.64 bits per heavy atom. The minimum atomic E-state index is -1.33. The number of esters is 5. The molecule has 422 valence electrons. The number of nitrogens with zero attached hydrogens (tertiary/aromatic N) is 1. The molecule has 0 amide bonds. The molecule has 0 N–H and O–H groups in total. The van der Waals surface area contributed by atoms with Crippen LogP contribution >= 0.6 is 0 Å². The number of fused-ring (bicyclic) bond motifs is 1. The van der Waals surface area contributed by atoms with E-state index in [2.05, 4.69) is 16.1 Å². The normalized spacial score (nSPS) is 22.4.